The third-order valence-electron chi connectivity index (χ3n) is 3.75. The number of carbonyl (C=O) groups is 1. The maximum Gasteiger partial charge on any atom is 0.271 e. The van der Waals surface area contributed by atoms with Crippen LogP contribution >= 0.6 is 11.6 Å². The monoisotopic (exact) mass is 284 g/mol. The molecule has 3 heterocycles. The van der Waals surface area contributed by atoms with Crippen LogP contribution in [0.15, 0.2) is 6.20 Å². The van der Waals surface area contributed by atoms with Gasteiger partial charge in [-0.2, -0.15) is 5.10 Å². The predicted octanol–water partition coefficient (Wildman–Crippen LogP) is 0.655. The Morgan fingerprint density at radius 1 is 1.63 bits per heavy atom. The average Bonchev–Trinajstić information content (AvgIpc) is 2.94. The number of fused-ring (bicyclic) bond motifs is 1. The molecule has 0 saturated carbocycles. The predicted molar refractivity (Wildman–Crippen MR) is 70.2 cm³/mol. The van der Waals surface area contributed by atoms with Crippen molar-refractivity contribution in [2.45, 2.75) is 31.5 Å². The Kier molecular flexibility index (Phi) is 3.47. The van der Waals surface area contributed by atoms with Crippen LogP contribution in [-0.2, 0) is 4.74 Å². The summed E-state index contributed by atoms with van der Waals surface area (Å²) in [5.41, 5.74) is 0.330. The van der Waals surface area contributed by atoms with E-state index in [9.17, 15) is 4.79 Å². The Bertz CT molecular complexity index is 478. The van der Waals surface area contributed by atoms with Crippen molar-refractivity contribution in [3.63, 3.8) is 0 Å². The van der Waals surface area contributed by atoms with E-state index in [1.54, 1.807) is 0 Å². The summed E-state index contributed by atoms with van der Waals surface area (Å²) in [5.74, 6) is -0.193. The number of rotatable bonds is 2. The molecule has 2 aliphatic heterocycles. The Morgan fingerprint density at radius 3 is 3.21 bits per heavy atom. The van der Waals surface area contributed by atoms with Crippen molar-refractivity contribution in [1.82, 2.24) is 20.4 Å². The Morgan fingerprint density at radius 2 is 2.47 bits per heavy atom. The second kappa shape index (κ2) is 5.11. The van der Waals surface area contributed by atoms with E-state index >= 15 is 0 Å². The number of nitrogens with zero attached hydrogens (tertiary/aromatic N) is 2. The minimum atomic E-state index is -0.193. The molecule has 0 bridgehead atoms. The number of halogens is 1. The van der Waals surface area contributed by atoms with Gasteiger partial charge in [0.15, 0.2) is 0 Å². The smallest absolute Gasteiger partial charge is 0.271 e. The van der Waals surface area contributed by atoms with Crippen molar-refractivity contribution in [3.05, 3.63) is 16.9 Å². The molecule has 0 unspecified atom stereocenters. The Hall–Kier alpha value is -1.11. The molecule has 3 rings (SSSR count). The minimum absolute atomic E-state index is 0.144. The summed E-state index contributed by atoms with van der Waals surface area (Å²) in [6, 6.07) is 0.560. The number of H-pyrrole nitrogens is 1. The first-order valence-corrected chi connectivity index (χ1v) is 6.86. The van der Waals surface area contributed by atoms with E-state index in [-0.39, 0.29) is 18.1 Å². The molecule has 0 radical (unpaired) electrons. The van der Waals surface area contributed by atoms with Gasteiger partial charge in [-0.3, -0.25) is 14.8 Å². The number of hydrogen-bond acceptors (Lipinski definition) is 4. The summed E-state index contributed by atoms with van der Waals surface area (Å²) >= 11 is 5.88. The number of morpholine rings is 1. The van der Waals surface area contributed by atoms with Gasteiger partial charge in [0, 0.05) is 25.2 Å². The molecule has 0 aromatic carbocycles. The van der Waals surface area contributed by atoms with E-state index in [4.69, 9.17) is 16.3 Å². The lowest BCUT2D eigenvalue weighted by molar-refractivity contribution is -0.0390. The van der Waals surface area contributed by atoms with Crippen LogP contribution < -0.4 is 5.32 Å². The van der Waals surface area contributed by atoms with Crippen molar-refractivity contribution < 1.29 is 9.53 Å². The van der Waals surface area contributed by atoms with Gasteiger partial charge in [0.25, 0.3) is 5.91 Å². The Labute approximate surface area is 116 Å². The van der Waals surface area contributed by atoms with E-state index in [1.807, 2.05) is 0 Å². The van der Waals surface area contributed by atoms with Crippen molar-refractivity contribution in [2.75, 3.05) is 19.7 Å². The van der Waals surface area contributed by atoms with E-state index in [0.717, 1.165) is 26.1 Å². The number of amides is 1. The molecule has 19 heavy (non-hydrogen) atoms. The van der Waals surface area contributed by atoms with Gasteiger partial charge in [-0.05, 0) is 13.3 Å². The molecule has 2 saturated heterocycles. The van der Waals surface area contributed by atoms with Crippen LogP contribution in [0.1, 0.15) is 23.8 Å². The summed E-state index contributed by atoms with van der Waals surface area (Å²) in [5, 5.41) is 9.72. The standard InChI is InChI=1S/C12H17ClN4O2/c1-7-4-17-5-8(2-9(17)6-19-7)15-12(18)11-10(13)3-14-16-11/h3,7-9H,2,4-6H2,1H3,(H,14,16)(H,15,18)/t7-,8+,9-/m0/s1. The van der Waals surface area contributed by atoms with Crippen LogP contribution in [0.2, 0.25) is 5.02 Å². The summed E-state index contributed by atoms with van der Waals surface area (Å²) in [6.07, 6.45) is 2.63. The number of carbonyl (C=O) groups excluding carboxylic acids is 1. The van der Waals surface area contributed by atoms with Crippen molar-refractivity contribution >= 4 is 17.5 Å². The highest BCUT2D eigenvalue weighted by Crippen LogP contribution is 2.23. The molecule has 7 heteroatoms. The fourth-order valence-electron chi connectivity index (χ4n) is 2.83. The lowest BCUT2D eigenvalue weighted by Gasteiger charge is -2.33. The molecule has 1 amide bonds. The maximum absolute atomic E-state index is 12.0. The number of aromatic nitrogens is 2. The molecule has 2 aliphatic rings. The lowest BCUT2D eigenvalue weighted by atomic mass is 10.1. The first kappa shape index (κ1) is 12.9. The van der Waals surface area contributed by atoms with Crippen LogP contribution in [-0.4, -0.2) is 58.9 Å². The third kappa shape index (κ3) is 2.61. The highest BCUT2D eigenvalue weighted by molar-refractivity contribution is 6.33. The quantitative estimate of drug-likeness (QED) is 0.837. The van der Waals surface area contributed by atoms with Gasteiger partial charge < -0.3 is 10.1 Å². The molecule has 3 atom stereocenters. The third-order valence-corrected chi connectivity index (χ3v) is 4.03. The molecule has 0 aliphatic carbocycles. The Balaban J connectivity index is 1.60. The zero-order chi connectivity index (χ0) is 13.4. The maximum atomic E-state index is 12.0. The van der Waals surface area contributed by atoms with Crippen LogP contribution in [0.5, 0.6) is 0 Å². The van der Waals surface area contributed by atoms with Gasteiger partial charge in [0.1, 0.15) is 5.69 Å². The number of ether oxygens (including phenoxy) is 1. The van der Waals surface area contributed by atoms with Gasteiger partial charge >= 0.3 is 0 Å². The van der Waals surface area contributed by atoms with E-state index in [1.165, 1.54) is 6.20 Å². The SMILES string of the molecule is C[C@H]1CN2C[C@H](NC(=O)c3[nH]ncc3Cl)C[C@H]2CO1. The summed E-state index contributed by atoms with van der Waals surface area (Å²) in [6.45, 7) is 4.63. The number of hydrogen-bond donors (Lipinski definition) is 2. The normalized spacial score (nSPS) is 31.2. The van der Waals surface area contributed by atoms with E-state index in [0.29, 0.717) is 16.8 Å². The summed E-state index contributed by atoms with van der Waals surface area (Å²) in [4.78, 5) is 14.4. The van der Waals surface area contributed by atoms with Crippen molar-refractivity contribution in [1.29, 1.82) is 0 Å². The van der Waals surface area contributed by atoms with Crippen LogP contribution in [0.25, 0.3) is 0 Å². The fourth-order valence-corrected chi connectivity index (χ4v) is 3.01. The topological polar surface area (TPSA) is 70.2 Å². The molecular formula is C12H17ClN4O2. The largest absolute Gasteiger partial charge is 0.376 e. The van der Waals surface area contributed by atoms with Gasteiger partial charge in [-0.15, -0.1) is 0 Å². The van der Waals surface area contributed by atoms with Gasteiger partial charge in [-0.1, -0.05) is 11.6 Å². The summed E-state index contributed by atoms with van der Waals surface area (Å²) < 4.78 is 5.64. The van der Waals surface area contributed by atoms with Gasteiger partial charge in [0.05, 0.1) is 23.9 Å². The zero-order valence-corrected chi connectivity index (χ0v) is 11.5. The van der Waals surface area contributed by atoms with Crippen LogP contribution in [0.4, 0.5) is 0 Å². The second-order valence-corrected chi connectivity index (χ2v) is 5.66. The lowest BCUT2D eigenvalue weighted by Crippen LogP contribution is -2.45. The molecule has 104 valence electrons. The number of aromatic amines is 1. The second-order valence-electron chi connectivity index (χ2n) is 5.25. The first-order chi connectivity index (χ1) is 9.13. The van der Waals surface area contributed by atoms with Gasteiger partial charge in [-0.25, -0.2) is 0 Å². The molecule has 1 aromatic heterocycles. The number of nitrogens with one attached hydrogen (secondary N) is 2. The van der Waals surface area contributed by atoms with Crippen LogP contribution in [0.3, 0.4) is 0 Å². The minimum Gasteiger partial charge on any atom is -0.376 e. The molecule has 6 nitrogen and oxygen atoms in total. The fraction of sp³-hybridized carbons (Fsp3) is 0.667. The van der Waals surface area contributed by atoms with Crippen molar-refractivity contribution in [2.24, 2.45) is 0 Å². The van der Waals surface area contributed by atoms with Gasteiger partial charge in [0.2, 0.25) is 0 Å². The van der Waals surface area contributed by atoms with E-state index in [2.05, 4.69) is 27.3 Å². The molecule has 1 aromatic rings. The molecular weight excluding hydrogens is 268 g/mol. The molecule has 2 fully saturated rings. The average molecular weight is 285 g/mol. The first-order valence-electron chi connectivity index (χ1n) is 6.49. The van der Waals surface area contributed by atoms with Crippen molar-refractivity contribution in [3.8, 4) is 0 Å². The van der Waals surface area contributed by atoms with Crippen LogP contribution in [0, 0.1) is 0 Å². The highest BCUT2D eigenvalue weighted by atomic mass is 35.5. The highest BCUT2D eigenvalue weighted by Gasteiger charge is 2.37. The molecule has 2 N–H and O–H groups in total. The van der Waals surface area contributed by atoms with E-state index < -0.39 is 0 Å². The summed E-state index contributed by atoms with van der Waals surface area (Å²) in [7, 11) is 0. The molecule has 0 spiro atoms. The zero-order valence-electron chi connectivity index (χ0n) is 10.7.